The summed E-state index contributed by atoms with van der Waals surface area (Å²) in [4.78, 5) is 11.8. The van der Waals surface area contributed by atoms with Crippen LogP contribution in [0.15, 0.2) is 29.4 Å². The molecule has 0 bridgehead atoms. The number of nitrogens with one attached hydrogen (secondary N) is 2. The molecule has 1 amide bonds. The standard InChI is InChI=1S/C14H14N4O3/c19-10-4-3-9(13(20)5-10)7-15-18-14(21)12-6-11(16-17-12)8-1-2-8/h3-8,19-20H,1-2H2,(H,16,17)(H,18,21)/b15-7-. The molecule has 1 saturated carbocycles. The Labute approximate surface area is 120 Å². The monoisotopic (exact) mass is 286 g/mol. The molecule has 0 aliphatic heterocycles. The highest BCUT2D eigenvalue weighted by Gasteiger charge is 2.26. The van der Waals surface area contributed by atoms with E-state index < -0.39 is 5.91 Å². The molecule has 108 valence electrons. The normalized spacial score (nSPS) is 14.5. The second-order valence-electron chi connectivity index (χ2n) is 4.93. The molecule has 1 aliphatic rings. The van der Waals surface area contributed by atoms with Gasteiger partial charge in [0, 0.05) is 23.2 Å². The van der Waals surface area contributed by atoms with Crippen LogP contribution in [0.1, 0.15) is 40.5 Å². The lowest BCUT2D eigenvalue weighted by Crippen LogP contribution is -2.18. The lowest BCUT2D eigenvalue weighted by Gasteiger charge is -1.99. The van der Waals surface area contributed by atoms with E-state index in [2.05, 4.69) is 20.7 Å². The van der Waals surface area contributed by atoms with Crippen LogP contribution in [0.5, 0.6) is 11.5 Å². The van der Waals surface area contributed by atoms with Crippen molar-refractivity contribution >= 4 is 12.1 Å². The van der Waals surface area contributed by atoms with Gasteiger partial charge in [-0.1, -0.05) is 0 Å². The number of hydrazone groups is 1. The summed E-state index contributed by atoms with van der Waals surface area (Å²) in [6.07, 6.45) is 3.55. The molecule has 7 nitrogen and oxygen atoms in total. The molecule has 3 rings (SSSR count). The SMILES string of the molecule is O=C(N/N=C\c1ccc(O)cc1O)c1cc(C2CC2)[nH]n1. The van der Waals surface area contributed by atoms with Gasteiger partial charge in [0.05, 0.1) is 6.21 Å². The van der Waals surface area contributed by atoms with E-state index in [1.54, 1.807) is 6.07 Å². The molecule has 4 N–H and O–H groups in total. The van der Waals surface area contributed by atoms with Crippen molar-refractivity contribution in [3.63, 3.8) is 0 Å². The Bertz CT molecular complexity index is 704. The van der Waals surface area contributed by atoms with Crippen molar-refractivity contribution in [1.82, 2.24) is 15.6 Å². The number of hydrogen-bond donors (Lipinski definition) is 4. The zero-order valence-corrected chi connectivity index (χ0v) is 11.1. The third-order valence-electron chi connectivity index (χ3n) is 3.23. The van der Waals surface area contributed by atoms with Crippen molar-refractivity contribution in [3.8, 4) is 11.5 Å². The molecule has 0 atom stereocenters. The van der Waals surface area contributed by atoms with Gasteiger partial charge in [-0.3, -0.25) is 9.89 Å². The first-order chi connectivity index (χ1) is 10.1. The molecule has 21 heavy (non-hydrogen) atoms. The Balaban J connectivity index is 1.62. The fourth-order valence-corrected chi connectivity index (χ4v) is 1.92. The molecular weight excluding hydrogens is 272 g/mol. The number of H-pyrrole nitrogens is 1. The molecule has 1 fully saturated rings. The summed E-state index contributed by atoms with van der Waals surface area (Å²) in [5, 5.41) is 29.3. The van der Waals surface area contributed by atoms with E-state index in [0.29, 0.717) is 11.5 Å². The molecule has 0 spiro atoms. The quantitative estimate of drug-likeness (QED) is 0.503. The van der Waals surface area contributed by atoms with Gasteiger partial charge in [-0.2, -0.15) is 10.2 Å². The zero-order chi connectivity index (χ0) is 14.8. The Morgan fingerprint density at radius 2 is 2.19 bits per heavy atom. The second-order valence-corrected chi connectivity index (χ2v) is 4.93. The number of hydrogen-bond acceptors (Lipinski definition) is 5. The van der Waals surface area contributed by atoms with Gasteiger partial charge in [0.15, 0.2) is 5.69 Å². The van der Waals surface area contributed by atoms with Crippen molar-refractivity contribution in [2.45, 2.75) is 18.8 Å². The largest absolute Gasteiger partial charge is 0.508 e. The summed E-state index contributed by atoms with van der Waals surface area (Å²) in [6.45, 7) is 0. The fourth-order valence-electron chi connectivity index (χ4n) is 1.92. The minimum atomic E-state index is -0.423. The van der Waals surface area contributed by atoms with Crippen molar-refractivity contribution in [1.29, 1.82) is 0 Å². The number of rotatable bonds is 4. The predicted molar refractivity (Wildman–Crippen MR) is 75.4 cm³/mol. The number of aromatic hydroxyl groups is 2. The molecule has 1 aromatic heterocycles. The van der Waals surface area contributed by atoms with Gasteiger partial charge in [0.2, 0.25) is 0 Å². The average Bonchev–Trinajstić information content (AvgIpc) is 3.18. The number of aromatic nitrogens is 2. The first-order valence-electron chi connectivity index (χ1n) is 6.54. The Morgan fingerprint density at radius 3 is 2.90 bits per heavy atom. The highest BCUT2D eigenvalue weighted by Crippen LogP contribution is 2.38. The maximum absolute atomic E-state index is 11.8. The Morgan fingerprint density at radius 1 is 1.38 bits per heavy atom. The number of carbonyl (C=O) groups excluding carboxylic acids is 1. The number of aromatic amines is 1. The topological polar surface area (TPSA) is 111 Å². The number of carbonyl (C=O) groups is 1. The van der Waals surface area contributed by atoms with Crippen LogP contribution in [0.25, 0.3) is 0 Å². The van der Waals surface area contributed by atoms with E-state index in [-0.39, 0.29) is 17.2 Å². The van der Waals surface area contributed by atoms with Gasteiger partial charge in [0.25, 0.3) is 5.91 Å². The van der Waals surface area contributed by atoms with Crippen LogP contribution < -0.4 is 5.43 Å². The van der Waals surface area contributed by atoms with Crippen molar-refractivity contribution in [3.05, 3.63) is 41.2 Å². The Hall–Kier alpha value is -2.83. The van der Waals surface area contributed by atoms with E-state index in [1.165, 1.54) is 24.4 Å². The van der Waals surface area contributed by atoms with Crippen LogP contribution in [0.3, 0.4) is 0 Å². The number of nitrogens with zero attached hydrogens (tertiary/aromatic N) is 2. The van der Waals surface area contributed by atoms with Crippen molar-refractivity contribution in [2.24, 2.45) is 5.10 Å². The maximum Gasteiger partial charge on any atom is 0.291 e. The van der Waals surface area contributed by atoms with E-state index >= 15 is 0 Å². The van der Waals surface area contributed by atoms with E-state index in [0.717, 1.165) is 18.5 Å². The molecule has 0 saturated heterocycles. The van der Waals surface area contributed by atoms with Gasteiger partial charge in [0.1, 0.15) is 11.5 Å². The number of phenolic OH excluding ortho intramolecular Hbond substituents is 2. The minimum absolute atomic E-state index is 0.0437. The van der Waals surface area contributed by atoms with E-state index in [4.69, 9.17) is 5.11 Å². The summed E-state index contributed by atoms with van der Waals surface area (Å²) in [5.74, 6) is -0.0919. The average molecular weight is 286 g/mol. The number of phenols is 2. The van der Waals surface area contributed by atoms with Gasteiger partial charge in [-0.15, -0.1) is 0 Å². The van der Waals surface area contributed by atoms with Crippen molar-refractivity contribution in [2.75, 3.05) is 0 Å². The van der Waals surface area contributed by atoms with E-state index in [9.17, 15) is 9.90 Å². The third kappa shape index (κ3) is 3.02. The predicted octanol–water partition coefficient (Wildman–Crippen LogP) is 1.46. The summed E-state index contributed by atoms with van der Waals surface area (Å²) in [7, 11) is 0. The van der Waals surface area contributed by atoms with E-state index in [1.807, 2.05) is 0 Å². The smallest absolute Gasteiger partial charge is 0.291 e. The van der Waals surface area contributed by atoms with Gasteiger partial charge in [-0.25, -0.2) is 5.43 Å². The first-order valence-corrected chi connectivity index (χ1v) is 6.54. The number of benzene rings is 1. The highest BCUT2D eigenvalue weighted by atomic mass is 16.3. The number of amides is 1. The molecular formula is C14H14N4O3. The van der Waals surface area contributed by atoms with Gasteiger partial charge < -0.3 is 10.2 Å². The lowest BCUT2D eigenvalue weighted by molar-refractivity contribution is 0.0950. The summed E-state index contributed by atoms with van der Waals surface area (Å²) < 4.78 is 0. The highest BCUT2D eigenvalue weighted by molar-refractivity contribution is 5.93. The van der Waals surface area contributed by atoms with Crippen molar-refractivity contribution < 1.29 is 15.0 Å². The maximum atomic E-state index is 11.8. The van der Waals surface area contributed by atoms with Crippen LogP contribution in [-0.2, 0) is 0 Å². The van der Waals surface area contributed by atoms with Crippen LogP contribution in [0, 0.1) is 0 Å². The second kappa shape index (κ2) is 5.28. The zero-order valence-electron chi connectivity index (χ0n) is 11.1. The molecule has 2 aromatic rings. The van der Waals surface area contributed by atoms with Crippen LogP contribution in [0.4, 0.5) is 0 Å². The lowest BCUT2D eigenvalue weighted by atomic mass is 10.2. The third-order valence-corrected chi connectivity index (χ3v) is 3.23. The van der Waals surface area contributed by atoms with Gasteiger partial charge in [-0.05, 0) is 31.0 Å². The molecule has 1 heterocycles. The van der Waals surface area contributed by atoms with Gasteiger partial charge >= 0.3 is 0 Å². The Kier molecular flexibility index (Phi) is 3.31. The fraction of sp³-hybridized carbons (Fsp3) is 0.214. The molecule has 1 aliphatic carbocycles. The summed E-state index contributed by atoms with van der Waals surface area (Å²) >= 11 is 0. The van der Waals surface area contributed by atoms with Crippen LogP contribution in [0.2, 0.25) is 0 Å². The molecule has 0 radical (unpaired) electrons. The van der Waals surface area contributed by atoms with Crippen LogP contribution >= 0.6 is 0 Å². The molecule has 0 unspecified atom stereocenters. The van der Waals surface area contributed by atoms with Crippen LogP contribution in [-0.4, -0.2) is 32.5 Å². The minimum Gasteiger partial charge on any atom is -0.508 e. The summed E-state index contributed by atoms with van der Waals surface area (Å²) in [6, 6.07) is 5.82. The molecule has 1 aromatic carbocycles. The first kappa shape index (κ1) is 13.2. The molecule has 7 heteroatoms. The summed E-state index contributed by atoms with van der Waals surface area (Å²) in [5.41, 5.74) is 3.97.